The van der Waals surface area contributed by atoms with E-state index in [0.717, 1.165) is 5.56 Å². The highest BCUT2D eigenvalue weighted by Crippen LogP contribution is 2.19. The largest absolute Gasteiger partial charge is 0.481 e. The summed E-state index contributed by atoms with van der Waals surface area (Å²) in [5.41, 5.74) is 2.40. The Kier molecular flexibility index (Phi) is 4.99. The Hall–Kier alpha value is -1.35. The van der Waals surface area contributed by atoms with Crippen molar-refractivity contribution in [3.63, 3.8) is 0 Å². The molecule has 0 bridgehead atoms. The molecular weight excluding hydrogens is 204 g/mol. The summed E-state index contributed by atoms with van der Waals surface area (Å²) in [4.78, 5) is 10.3. The van der Waals surface area contributed by atoms with E-state index in [1.807, 2.05) is 18.2 Å². The minimum absolute atomic E-state index is 0.0594. The van der Waals surface area contributed by atoms with Gasteiger partial charge in [-0.1, -0.05) is 38.1 Å². The van der Waals surface area contributed by atoms with Gasteiger partial charge in [-0.2, -0.15) is 0 Å². The van der Waals surface area contributed by atoms with Crippen LogP contribution in [-0.2, 0) is 16.1 Å². The van der Waals surface area contributed by atoms with Crippen LogP contribution < -0.4 is 0 Å². The van der Waals surface area contributed by atoms with Gasteiger partial charge in [0.25, 0.3) is 0 Å². The first kappa shape index (κ1) is 12.7. The molecule has 16 heavy (non-hydrogen) atoms. The maximum absolute atomic E-state index is 10.3. The first-order valence-corrected chi connectivity index (χ1v) is 5.48. The van der Waals surface area contributed by atoms with Crippen molar-refractivity contribution in [1.29, 1.82) is 0 Å². The lowest BCUT2D eigenvalue weighted by Gasteiger charge is -2.12. The van der Waals surface area contributed by atoms with Crippen LogP contribution in [0.1, 0.15) is 37.3 Å². The second-order valence-corrected chi connectivity index (χ2v) is 4.05. The molecule has 1 N–H and O–H groups in total. The van der Waals surface area contributed by atoms with E-state index in [-0.39, 0.29) is 13.0 Å². The molecule has 88 valence electrons. The Morgan fingerprint density at radius 1 is 1.38 bits per heavy atom. The summed E-state index contributed by atoms with van der Waals surface area (Å²) in [6, 6.07) is 8.09. The molecule has 0 aliphatic heterocycles. The number of hydrogen-bond donors (Lipinski definition) is 1. The molecule has 1 aromatic rings. The van der Waals surface area contributed by atoms with Crippen LogP contribution in [0, 0.1) is 0 Å². The van der Waals surface area contributed by atoms with Gasteiger partial charge in [0.2, 0.25) is 0 Å². The molecule has 3 nitrogen and oxygen atoms in total. The second kappa shape index (κ2) is 6.28. The summed E-state index contributed by atoms with van der Waals surface area (Å²) in [5.74, 6) is -0.364. The molecule has 0 heterocycles. The van der Waals surface area contributed by atoms with Crippen molar-refractivity contribution in [3.05, 3.63) is 35.4 Å². The summed E-state index contributed by atoms with van der Waals surface area (Å²) in [7, 11) is 0. The van der Waals surface area contributed by atoms with Crippen LogP contribution in [0.4, 0.5) is 0 Å². The number of hydrogen-bond acceptors (Lipinski definition) is 2. The van der Waals surface area contributed by atoms with Gasteiger partial charge in [-0.3, -0.25) is 4.79 Å². The van der Waals surface area contributed by atoms with Crippen molar-refractivity contribution < 1.29 is 14.6 Å². The normalized spacial score (nSPS) is 10.7. The molecule has 0 saturated heterocycles. The molecule has 1 rings (SSSR count). The third-order valence-electron chi connectivity index (χ3n) is 2.39. The lowest BCUT2D eigenvalue weighted by molar-refractivity contribution is -0.138. The number of carbonyl (C=O) groups is 1. The second-order valence-electron chi connectivity index (χ2n) is 4.05. The molecule has 0 atom stereocenters. The van der Waals surface area contributed by atoms with Crippen molar-refractivity contribution in [2.45, 2.75) is 32.8 Å². The number of ether oxygens (including phenoxy) is 1. The van der Waals surface area contributed by atoms with Crippen LogP contribution in [0.25, 0.3) is 0 Å². The van der Waals surface area contributed by atoms with Crippen LogP contribution in [0.3, 0.4) is 0 Å². The number of carboxylic acids is 1. The van der Waals surface area contributed by atoms with E-state index in [9.17, 15) is 4.79 Å². The molecule has 3 heteroatoms. The van der Waals surface area contributed by atoms with Gasteiger partial charge in [-0.05, 0) is 17.0 Å². The minimum atomic E-state index is -0.822. The van der Waals surface area contributed by atoms with Gasteiger partial charge in [0, 0.05) is 0 Å². The van der Waals surface area contributed by atoms with E-state index in [1.54, 1.807) is 0 Å². The Morgan fingerprint density at radius 3 is 2.69 bits per heavy atom. The highest BCUT2D eigenvalue weighted by atomic mass is 16.5. The van der Waals surface area contributed by atoms with Crippen molar-refractivity contribution in [3.8, 4) is 0 Å². The van der Waals surface area contributed by atoms with E-state index < -0.39 is 5.97 Å². The summed E-state index contributed by atoms with van der Waals surface area (Å²) in [5, 5.41) is 8.47. The quantitative estimate of drug-likeness (QED) is 0.753. The Balaban J connectivity index is 2.50. The zero-order chi connectivity index (χ0) is 12.0. The fourth-order valence-corrected chi connectivity index (χ4v) is 1.57. The smallest absolute Gasteiger partial charge is 0.305 e. The number of benzene rings is 1. The Bertz CT molecular complexity index is 345. The lowest BCUT2D eigenvalue weighted by atomic mass is 9.98. The van der Waals surface area contributed by atoms with E-state index >= 15 is 0 Å². The SMILES string of the molecule is CC(C)c1ccccc1COCCC(=O)O. The van der Waals surface area contributed by atoms with Gasteiger partial charge in [-0.25, -0.2) is 0 Å². The van der Waals surface area contributed by atoms with Crippen molar-refractivity contribution in [1.82, 2.24) is 0 Å². The number of rotatable bonds is 6. The van der Waals surface area contributed by atoms with Gasteiger partial charge < -0.3 is 9.84 Å². The molecule has 1 aromatic carbocycles. The van der Waals surface area contributed by atoms with Crippen LogP contribution in [-0.4, -0.2) is 17.7 Å². The van der Waals surface area contributed by atoms with Crippen molar-refractivity contribution in [2.24, 2.45) is 0 Å². The van der Waals surface area contributed by atoms with Crippen molar-refractivity contribution >= 4 is 5.97 Å². The zero-order valence-corrected chi connectivity index (χ0v) is 9.77. The summed E-state index contributed by atoms with van der Waals surface area (Å²) in [6.45, 7) is 5.02. The van der Waals surface area contributed by atoms with Gasteiger partial charge >= 0.3 is 5.97 Å². The van der Waals surface area contributed by atoms with E-state index in [0.29, 0.717) is 12.5 Å². The van der Waals surface area contributed by atoms with E-state index in [1.165, 1.54) is 5.56 Å². The third-order valence-corrected chi connectivity index (χ3v) is 2.39. The van der Waals surface area contributed by atoms with Gasteiger partial charge in [0.05, 0.1) is 19.6 Å². The molecular formula is C13H18O3. The number of aliphatic carboxylic acids is 1. The fraction of sp³-hybridized carbons (Fsp3) is 0.462. The highest BCUT2D eigenvalue weighted by Gasteiger charge is 2.05. The molecule has 0 aliphatic rings. The maximum Gasteiger partial charge on any atom is 0.305 e. The standard InChI is InChI=1S/C13H18O3/c1-10(2)12-6-4-3-5-11(12)9-16-8-7-13(14)15/h3-6,10H,7-9H2,1-2H3,(H,14,15). The summed E-state index contributed by atoms with van der Waals surface area (Å²) >= 11 is 0. The van der Waals surface area contributed by atoms with Gasteiger partial charge in [0.15, 0.2) is 0 Å². The predicted octanol–water partition coefficient (Wildman–Crippen LogP) is 2.80. The fourth-order valence-electron chi connectivity index (χ4n) is 1.57. The Labute approximate surface area is 96.1 Å². The molecule has 0 aromatic heterocycles. The first-order valence-electron chi connectivity index (χ1n) is 5.48. The van der Waals surface area contributed by atoms with Gasteiger partial charge in [-0.15, -0.1) is 0 Å². The van der Waals surface area contributed by atoms with E-state index in [2.05, 4.69) is 19.9 Å². The minimum Gasteiger partial charge on any atom is -0.481 e. The summed E-state index contributed by atoms with van der Waals surface area (Å²) in [6.07, 6.45) is 0.0594. The predicted molar refractivity (Wildman–Crippen MR) is 62.4 cm³/mol. The monoisotopic (exact) mass is 222 g/mol. The topological polar surface area (TPSA) is 46.5 Å². The van der Waals surface area contributed by atoms with E-state index in [4.69, 9.17) is 9.84 Å². The molecule has 0 saturated carbocycles. The molecule has 0 unspecified atom stereocenters. The average molecular weight is 222 g/mol. The number of carboxylic acid groups (broad SMARTS) is 1. The van der Waals surface area contributed by atoms with Crippen LogP contribution in [0.2, 0.25) is 0 Å². The molecule has 0 fully saturated rings. The van der Waals surface area contributed by atoms with Crippen LogP contribution in [0.5, 0.6) is 0 Å². The van der Waals surface area contributed by atoms with Crippen LogP contribution in [0.15, 0.2) is 24.3 Å². The highest BCUT2D eigenvalue weighted by molar-refractivity contribution is 5.66. The molecule has 0 spiro atoms. The molecule has 0 amide bonds. The lowest BCUT2D eigenvalue weighted by Crippen LogP contribution is -2.04. The molecule has 0 radical (unpaired) electrons. The third kappa shape index (κ3) is 4.03. The summed E-state index contributed by atoms with van der Waals surface area (Å²) < 4.78 is 5.34. The van der Waals surface area contributed by atoms with Crippen LogP contribution >= 0.6 is 0 Å². The Morgan fingerprint density at radius 2 is 2.06 bits per heavy atom. The van der Waals surface area contributed by atoms with Crippen molar-refractivity contribution in [2.75, 3.05) is 6.61 Å². The average Bonchev–Trinajstić information content (AvgIpc) is 2.24. The first-order chi connectivity index (χ1) is 7.61. The zero-order valence-electron chi connectivity index (χ0n) is 9.77. The van der Waals surface area contributed by atoms with Gasteiger partial charge in [0.1, 0.15) is 0 Å². The maximum atomic E-state index is 10.3. The molecule has 0 aliphatic carbocycles.